The lowest BCUT2D eigenvalue weighted by molar-refractivity contribution is -0.117. The van der Waals surface area contributed by atoms with Crippen molar-refractivity contribution < 1.29 is 4.79 Å². The van der Waals surface area contributed by atoms with Gasteiger partial charge < -0.3 is 0 Å². The molecule has 0 unspecified atom stereocenters. The van der Waals surface area contributed by atoms with E-state index in [-0.39, 0.29) is 5.78 Å². The van der Waals surface area contributed by atoms with Gasteiger partial charge in [0, 0.05) is 36.8 Å². The fraction of sp³-hybridized carbons (Fsp3) is 0.375. The number of ketones is 1. The number of pyridine rings is 2. The lowest BCUT2D eigenvalue weighted by atomic mass is 9.88. The lowest BCUT2D eigenvalue weighted by Crippen LogP contribution is -2.11. The van der Waals surface area contributed by atoms with Crippen molar-refractivity contribution in [1.82, 2.24) is 9.97 Å². The van der Waals surface area contributed by atoms with E-state index in [0.29, 0.717) is 18.8 Å². The van der Waals surface area contributed by atoms with Crippen LogP contribution in [0.2, 0.25) is 0 Å². The van der Waals surface area contributed by atoms with Crippen LogP contribution in [0.1, 0.15) is 62.1 Å². The number of benzene rings is 1. The first-order valence-electron chi connectivity index (χ1n) is 10.1. The monoisotopic (exact) mass is 360 g/mol. The normalized spacial score (nSPS) is 14.0. The van der Waals surface area contributed by atoms with Crippen molar-refractivity contribution in [2.24, 2.45) is 0 Å². The summed E-state index contributed by atoms with van der Waals surface area (Å²) in [5.74, 6) is 0.790. The zero-order valence-electron chi connectivity index (χ0n) is 16.3. The lowest BCUT2D eigenvalue weighted by Gasteiger charge is -2.18. The van der Waals surface area contributed by atoms with Gasteiger partial charge in [0.25, 0.3) is 0 Å². The summed E-state index contributed by atoms with van der Waals surface area (Å²) in [6.45, 7) is 4.00. The van der Waals surface area contributed by atoms with E-state index in [1.54, 1.807) is 12.4 Å². The Labute approximate surface area is 161 Å². The Bertz CT molecular complexity index is 883. The molecule has 2 aromatic heterocycles. The zero-order valence-corrected chi connectivity index (χ0v) is 16.3. The topological polar surface area (TPSA) is 42.9 Å². The number of para-hydroxylation sites is 1. The summed E-state index contributed by atoms with van der Waals surface area (Å²) in [6.07, 6.45) is 11.3. The molecular formula is C24H28N2O. The number of hydrogen-bond donors (Lipinski definition) is 0. The molecule has 3 heteroatoms. The van der Waals surface area contributed by atoms with E-state index in [1.807, 2.05) is 38.2 Å². The van der Waals surface area contributed by atoms with Gasteiger partial charge in [-0.25, -0.2) is 0 Å². The molecule has 0 spiro atoms. The highest BCUT2D eigenvalue weighted by Gasteiger charge is 2.23. The number of fused-ring (bicyclic) bond motifs is 1. The van der Waals surface area contributed by atoms with E-state index in [2.05, 4.69) is 28.2 Å². The van der Waals surface area contributed by atoms with Gasteiger partial charge in [-0.05, 0) is 47.6 Å². The Morgan fingerprint density at radius 2 is 1.78 bits per heavy atom. The van der Waals surface area contributed by atoms with Crippen LogP contribution in [0.25, 0.3) is 10.9 Å². The van der Waals surface area contributed by atoms with E-state index in [4.69, 9.17) is 0 Å². The van der Waals surface area contributed by atoms with Gasteiger partial charge >= 0.3 is 0 Å². The molecule has 3 aromatic rings. The molecular weight excluding hydrogens is 332 g/mol. The molecule has 4 rings (SSSR count). The highest BCUT2D eigenvalue weighted by Crippen LogP contribution is 2.39. The van der Waals surface area contributed by atoms with Crippen molar-refractivity contribution >= 4 is 16.7 Å². The second-order valence-corrected chi connectivity index (χ2v) is 6.95. The van der Waals surface area contributed by atoms with Crippen LogP contribution in [0.5, 0.6) is 0 Å². The standard InChI is InChI=1S/C22H22N2O.C2H6/c25-19(12-16-6-5-11-23-14-16)13-18-15-24-21-10-4-3-9-20(21)22(18)17-7-1-2-8-17;1-2/h3-6,9-11,14-15,17H,1-2,7-8,12-13H2;1-2H3. The first-order chi connectivity index (χ1) is 13.3. The van der Waals surface area contributed by atoms with Crippen molar-refractivity contribution in [3.8, 4) is 0 Å². The molecule has 1 saturated carbocycles. The van der Waals surface area contributed by atoms with Gasteiger partial charge in [-0.15, -0.1) is 0 Å². The predicted octanol–water partition coefficient (Wildman–Crippen LogP) is 5.67. The highest BCUT2D eigenvalue weighted by atomic mass is 16.1. The summed E-state index contributed by atoms with van der Waals surface area (Å²) in [6, 6.07) is 12.2. The molecule has 0 radical (unpaired) electrons. The third-order valence-electron chi connectivity index (χ3n) is 5.17. The van der Waals surface area contributed by atoms with E-state index in [0.717, 1.165) is 16.6 Å². The quantitative estimate of drug-likeness (QED) is 0.589. The maximum Gasteiger partial charge on any atom is 0.141 e. The molecule has 0 atom stereocenters. The number of carbonyl (C=O) groups excluding carboxylic acids is 1. The molecule has 140 valence electrons. The Balaban J connectivity index is 0.00000102. The summed E-state index contributed by atoms with van der Waals surface area (Å²) in [4.78, 5) is 21.3. The average Bonchev–Trinajstić information content (AvgIpc) is 3.24. The van der Waals surface area contributed by atoms with Crippen molar-refractivity contribution in [3.63, 3.8) is 0 Å². The Morgan fingerprint density at radius 1 is 1.00 bits per heavy atom. The van der Waals surface area contributed by atoms with Gasteiger partial charge in [0.2, 0.25) is 0 Å². The van der Waals surface area contributed by atoms with Gasteiger partial charge in [0.15, 0.2) is 0 Å². The van der Waals surface area contributed by atoms with E-state index >= 15 is 0 Å². The maximum absolute atomic E-state index is 12.6. The number of nitrogens with zero attached hydrogens (tertiary/aromatic N) is 2. The molecule has 2 heterocycles. The van der Waals surface area contributed by atoms with Crippen molar-refractivity contribution in [2.45, 2.75) is 58.3 Å². The second-order valence-electron chi connectivity index (χ2n) is 6.95. The zero-order chi connectivity index (χ0) is 19.1. The molecule has 3 nitrogen and oxygen atoms in total. The number of hydrogen-bond acceptors (Lipinski definition) is 3. The third-order valence-corrected chi connectivity index (χ3v) is 5.17. The molecule has 27 heavy (non-hydrogen) atoms. The van der Waals surface area contributed by atoms with Crippen molar-refractivity contribution in [3.05, 3.63) is 71.7 Å². The molecule has 0 aliphatic heterocycles. The SMILES string of the molecule is CC.O=C(Cc1cccnc1)Cc1cnc2ccccc2c1C1CCCC1. The van der Waals surface area contributed by atoms with Crippen LogP contribution >= 0.6 is 0 Å². The number of aromatic nitrogens is 2. The number of rotatable bonds is 5. The van der Waals surface area contributed by atoms with E-state index in [1.165, 1.54) is 36.6 Å². The maximum atomic E-state index is 12.6. The van der Waals surface area contributed by atoms with Gasteiger partial charge in [0.05, 0.1) is 5.52 Å². The fourth-order valence-electron chi connectivity index (χ4n) is 4.05. The van der Waals surface area contributed by atoms with Crippen LogP contribution in [0.4, 0.5) is 0 Å². The van der Waals surface area contributed by atoms with Crippen LogP contribution in [-0.4, -0.2) is 15.8 Å². The van der Waals surface area contributed by atoms with Gasteiger partial charge in [-0.2, -0.15) is 0 Å². The summed E-state index contributed by atoms with van der Waals surface area (Å²) >= 11 is 0. The largest absolute Gasteiger partial charge is 0.299 e. The highest BCUT2D eigenvalue weighted by molar-refractivity contribution is 5.88. The van der Waals surface area contributed by atoms with Crippen molar-refractivity contribution in [2.75, 3.05) is 0 Å². The minimum absolute atomic E-state index is 0.226. The van der Waals surface area contributed by atoms with Crippen LogP contribution < -0.4 is 0 Å². The van der Waals surface area contributed by atoms with Crippen LogP contribution in [0.15, 0.2) is 55.0 Å². The summed E-state index contributed by atoms with van der Waals surface area (Å²) in [5.41, 5.74) is 4.48. The fourth-order valence-corrected chi connectivity index (χ4v) is 4.05. The summed E-state index contributed by atoms with van der Waals surface area (Å²) in [7, 11) is 0. The molecule has 1 aliphatic rings. The second kappa shape index (κ2) is 9.40. The predicted molar refractivity (Wildman–Crippen MR) is 111 cm³/mol. The minimum atomic E-state index is 0.226. The smallest absolute Gasteiger partial charge is 0.141 e. The van der Waals surface area contributed by atoms with Crippen LogP contribution in [0, 0.1) is 0 Å². The molecule has 1 aliphatic carbocycles. The summed E-state index contributed by atoms with van der Waals surface area (Å²) in [5, 5.41) is 1.22. The Morgan fingerprint density at radius 3 is 2.52 bits per heavy atom. The molecule has 1 aromatic carbocycles. The average molecular weight is 361 g/mol. The van der Waals surface area contributed by atoms with Gasteiger partial charge in [-0.1, -0.05) is 51.0 Å². The summed E-state index contributed by atoms with van der Waals surface area (Å²) < 4.78 is 0. The van der Waals surface area contributed by atoms with Crippen LogP contribution in [-0.2, 0) is 17.6 Å². The first-order valence-corrected chi connectivity index (χ1v) is 10.1. The molecule has 0 N–H and O–H groups in total. The first kappa shape index (κ1) is 19.2. The van der Waals surface area contributed by atoms with E-state index < -0.39 is 0 Å². The van der Waals surface area contributed by atoms with Crippen LogP contribution in [0.3, 0.4) is 0 Å². The molecule has 0 saturated heterocycles. The Hall–Kier alpha value is -2.55. The molecule has 0 bridgehead atoms. The number of Topliss-reactive ketones (excluding diaryl/α,β-unsaturated/α-hetero) is 1. The number of carbonyl (C=O) groups is 1. The van der Waals surface area contributed by atoms with Crippen molar-refractivity contribution in [1.29, 1.82) is 0 Å². The Kier molecular flexibility index (Phi) is 6.69. The van der Waals surface area contributed by atoms with Gasteiger partial charge in [-0.3, -0.25) is 14.8 Å². The molecule has 1 fully saturated rings. The third kappa shape index (κ3) is 4.60. The minimum Gasteiger partial charge on any atom is -0.299 e. The molecule has 0 amide bonds. The van der Waals surface area contributed by atoms with Gasteiger partial charge in [0.1, 0.15) is 5.78 Å². The van der Waals surface area contributed by atoms with E-state index in [9.17, 15) is 4.79 Å².